The molecule has 3 amide bonds. The minimum Gasteiger partial charge on any atom is -0.490 e. The Morgan fingerprint density at radius 1 is 1.07 bits per heavy atom. The van der Waals surface area contributed by atoms with Crippen molar-refractivity contribution >= 4 is 17.7 Å². The van der Waals surface area contributed by atoms with Crippen molar-refractivity contribution in [3.63, 3.8) is 0 Å². The van der Waals surface area contributed by atoms with E-state index in [0.29, 0.717) is 49.9 Å². The fraction of sp³-hybridized carbons (Fsp3) is 0.571. The monoisotopic (exact) mass is 405 g/mol. The van der Waals surface area contributed by atoms with Gasteiger partial charge in [-0.2, -0.15) is 0 Å². The molecule has 2 N–H and O–H groups in total. The number of hydrogen-bond donors (Lipinski definition) is 2. The number of nitrogens with zero attached hydrogens (tertiary/aromatic N) is 1. The topological polar surface area (TPSA) is 97.0 Å². The van der Waals surface area contributed by atoms with Gasteiger partial charge in [-0.15, -0.1) is 0 Å². The molecule has 1 aromatic carbocycles. The second kappa shape index (κ2) is 11.3. The predicted octanol–water partition coefficient (Wildman–Crippen LogP) is 1.59. The second-order valence-corrected chi connectivity index (χ2v) is 6.78. The molecule has 1 aliphatic rings. The molecule has 8 heteroatoms. The van der Waals surface area contributed by atoms with E-state index in [1.54, 1.807) is 23.1 Å². The molecule has 2 rings (SSSR count). The molecule has 0 bridgehead atoms. The summed E-state index contributed by atoms with van der Waals surface area (Å²) in [6.45, 7) is 7.99. The van der Waals surface area contributed by atoms with E-state index < -0.39 is 0 Å². The summed E-state index contributed by atoms with van der Waals surface area (Å²) < 4.78 is 11.0. The Labute approximate surface area is 171 Å². The number of nitrogens with one attached hydrogen (secondary N) is 2. The van der Waals surface area contributed by atoms with Gasteiger partial charge in [0, 0.05) is 25.2 Å². The maximum absolute atomic E-state index is 12.5. The van der Waals surface area contributed by atoms with Crippen LogP contribution in [-0.2, 0) is 9.59 Å². The normalized spacial score (nSPS) is 16.1. The molecule has 0 aromatic heterocycles. The summed E-state index contributed by atoms with van der Waals surface area (Å²) in [4.78, 5) is 38.7. The van der Waals surface area contributed by atoms with E-state index in [4.69, 9.17) is 9.47 Å². The first-order chi connectivity index (χ1) is 14.0. The van der Waals surface area contributed by atoms with E-state index in [0.717, 1.165) is 12.8 Å². The second-order valence-electron chi connectivity index (χ2n) is 6.78. The van der Waals surface area contributed by atoms with Crippen LogP contribution < -0.4 is 20.1 Å². The van der Waals surface area contributed by atoms with E-state index in [2.05, 4.69) is 10.6 Å². The number of likely N-dealkylation sites (tertiary alicyclic amines) is 1. The van der Waals surface area contributed by atoms with Gasteiger partial charge in [-0.3, -0.25) is 14.4 Å². The third-order valence-electron chi connectivity index (χ3n) is 4.70. The molecule has 0 saturated carbocycles. The Morgan fingerprint density at radius 3 is 2.48 bits per heavy atom. The lowest BCUT2D eigenvalue weighted by molar-refractivity contribution is -0.134. The summed E-state index contributed by atoms with van der Waals surface area (Å²) in [5.41, 5.74) is 0.392. The minimum atomic E-state index is -0.361. The Kier molecular flexibility index (Phi) is 8.76. The molecular formula is C21H31N3O5. The highest BCUT2D eigenvalue weighted by atomic mass is 16.5. The molecule has 1 aromatic rings. The standard InChI is InChI=1S/C21H31N3O5/c1-4-22-21(27)16-8-7-11-24(14-16)19(25)13-23-20(26)15-9-10-17(28-5-2)18(12-15)29-6-3/h9-10,12,16H,4-8,11,13-14H2,1-3H3,(H,22,27)(H,23,26). The Hall–Kier alpha value is -2.77. The van der Waals surface area contributed by atoms with Crippen LogP contribution in [0.1, 0.15) is 44.0 Å². The summed E-state index contributed by atoms with van der Waals surface area (Å²) in [5.74, 6) is 0.305. The molecule has 1 aliphatic heterocycles. The van der Waals surface area contributed by atoms with Crippen LogP contribution in [0.15, 0.2) is 18.2 Å². The van der Waals surface area contributed by atoms with Crippen LogP contribution in [0.3, 0.4) is 0 Å². The van der Waals surface area contributed by atoms with E-state index in [1.807, 2.05) is 20.8 Å². The van der Waals surface area contributed by atoms with Gasteiger partial charge in [-0.25, -0.2) is 0 Å². The van der Waals surface area contributed by atoms with Crippen LogP contribution in [0, 0.1) is 5.92 Å². The van der Waals surface area contributed by atoms with Gasteiger partial charge < -0.3 is 25.0 Å². The molecule has 29 heavy (non-hydrogen) atoms. The molecule has 1 unspecified atom stereocenters. The molecule has 1 saturated heterocycles. The zero-order valence-electron chi connectivity index (χ0n) is 17.5. The Bertz CT molecular complexity index is 722. The van der Waals surface area contributed by atoms with Gasteiger partial charge in [0.05, 0.1) is 25.7 Å². The number of hydrogen-bond acceptors (Lipinski definition) is 5. The maximum atomic E-state index is 12.5. The molecule has 0 spiro atoms. The molecule has 8 nitrogen and oxygen atoms in total. The number of carbonyl (C=O) groups is 3. The van der Waals surface area contributed by atoms with Gasteiger partial charge in [0.15, 0.2) is 11.5 Å². The first kappa shape index (κ1) is 22.5. The van der Waals surface area contributed by atoms with E-state index in [-0.39, 0.29) is 30.2 Å². The van der Waals surface area contributed by atoms with Crippen molar-refractivity contribution in [1.29, 1.82) is 0 Å². The number of piperidine rings is 1. The number of carbonyl (C=O) groups excluding carboxylic acids is 3. The third kappa shape index (κ3) is 6.37. The van der Waals surface area contributed by atoms with E-state index in [9.17, 15) is 14.4 Å². The van der Waals surface area contributed by atoms with Crippen LogP contribution in [-0.4, -0.2) is 62.0 Å². The van der Waals surface area contributed by atoms with Crippen molar-refractivity contribution in [1.82, 2.24) is 15.5 Å². The molecular weight excluding hydrogens is 374 g/mol. The summed E-state index contributed by atoms with van der Waals surface area (Å²) in [7, 11) is 0. The molecule has 1 atom stereocenters. The minimum absolute atomic E-state index is 0.0214. The number of amides is 3. The van der Waals surface area contributed by atoms with Gasteiger partial charge in [-0.05, 0) is 51.8 Å². The van der Waals surface area contributed by atoms with Gasteiger partial charge >= 0.3 is 0 Å². The average Bonchev–Trinajstić information content (AvgIpc) is 2.73. The van der Waals surface area contributed by atoms with Crippen molar-refractivity contribution in [2.45, 2.75) is 33.6 Å². The average molecular weight is 405 g/mol. The van der Waals surface area contributed by atoms with Gasteiger partial charge in [0.1, 0.15) is 0 Å². The Morgan fingerprint density at radius 2 is 1.79 bits per heavy atom. The Balaban J connectivity index is 1.93. The first-order valence-electron chi connectivity index (χ1n) is 10.2. The lowest BCUT2D eigenvalue weighted by Crippen LogP contribution is -2.48. The summed E-state index contributed by atoms with van der Waals surface area (Å²) in [5, 5.41) is 5.47. The molecule has 160 valence electrons. The molecule has 0 aliphatic carbocycles. The lowest BCUT2D eigenvalue weighted by atomic mass is 9.97. The predicted molar refractivity (Wildman–Crippen MR) is 109 cm³/mol. The zero-order chi connectivity index (χ0) is 21.2. The molecule has 1 fully saturated rings. The van der Waals surface area contributed by atoms with Crippen LogP contribution >= 0.6 is 0 Å². The van der Waals surface area contributed by atoms with Crippen LogP contribution in [0.5, 0.6) is 11.5 Å². The number of ether oxygens (including phenoxy) is 2. The highest BCUT2D eigenvalue weighted by Crippen LogP contribution is 2.28. The van der Waals surface area contributed by atoms with Crippen molar-refractivity contribution in [3.05, 3.63) is 23.8 Å². The first-order valence-corrected chi connectivity index (χ1v) is 10.2. The third-order valence-corrected chi connectivity index (χ3v) is 4.70. The van der Waals surface area contributed by atoms with Crippen molar-refractivity contribution < 1.29 is 23.9 Å². The van der Waals surface area contributed by atoms with E-state index >= 15 is 0 Å². The van der Waals surface area contributed by atoms with Gasteiger partial charge in [0.2, 0.25) is 11.8 Å². The smallest absolute Gasteiger partial charge is 0.251 e. The quantitative estimate of drug-likeness (QED) is 0.650. The van der Waals surface area contributed by atoms with E-state index in [1.165, 1.54) is 0 Å². The highest BCUT2D eigenvalue weighted by molar-refractivity contribution is 5.97. The largest absolute Gasteiger partial charge is 0.490 e. The van der Waals surface area contributed by atoms with Crippen LogP contribution in [0.4, 0.5) is 0 Å². The van der Waals surface area contributed by atoms with Gasteiger partial charge in [0.25, 0.3) is 5.91 Å². The number of benzene rings is 1. The SMILES string of the molecule is CCNC(=O)C1CCCN(C(=O)CNC(=O)c2ccc(OCC)c(OCC)c2)C1. The summed E-state index contributed by atoms with van der Waals surface area (Å²) in [6, 6.07) is 4.94. The fourth-order valence-corrected chi connectivity index (χ4v) is 3.30. The van der Waals surface area contributed by atoms with Crippen molar-refractivity contribution in [2.24, 2.45) is 5.92 Å². The lowest BCUT2D eigenvalue weighted by Gasteiger charge is -2.32. The maximum Gasteiger partial charge on any atom is 0.251 e. The molecule has 1 heterocycles. The summed E-state index contributed by atoms with van der Waals surface area (Å²) >= 11 is 0. The molecule has 0 radical (unpaired) electrons. The van der Waals surface area contributed by atoms with Crippen molar-refractivity contribution in [3.8, 4) is 11.5 Å². The van der Waals surface area contributed by atoms with Crippen molar-refractivity contribution in [2.75, 3.05) is 39.4 Å². The zero-order valence-corrected chi connectivity index (χ0v) is 17.5. The fourth-order valence-electron chi connectivity index (χ4n) is 3.30. The highest BCUT2D eigenvalue weighted by Gasteiger charge is 2.28. The van der Waals surface area contributed by atoms with Crippen LogP contribution in [0.25, 0.3) is 0 Å². The summed E-state index contributed by atoms with van der Waals surface area (Å²) in [6.07, 6.45) is 1.55. The van der Waals surface area contributed by atoms with Gasteiger partial charge in [-0.1, -0.05) is 0 Å². The van der Waals surface area contributed by atoms with Crippen LogP contribution in [0.2, 0.25) is 0 Å². The number of rotatable bonds is 9.